The van der Waals surface area contributed by atoms with Crippen LogP contribution < -0.4 is 5.73 Å². The molecule has 0 unspecified atom stereocenters. The molecule has 0 aliphatic carbocycles. The monoisotopic (exact) mass is 216 g/mol. The molecule has 0 saturated heterocycles. The Morgan fingerprint density at radius 3 is 2.33 bits per heavy atom. The van der Waals surface area contributed by atoms with Crippen LogP contribution in [-0.4, -0.2) is 42.6 Å². The average molecular weight is 216 g/mol. The van der Waals surface area contributed by atoms with Gasteiger partial charge in [-0.05, 0) is 27.7 Å². The molecular weight excluding hydrogens is 192 g/mol. The van der Waals surface area contributed by atoms with Crippen LogP contribution in [0.4, 0.5) is 0 Å². The highest BCUT2D eigenvalue weighted by Gasteiger charge is 2.25. The van der Waals surface area contributed by atoms with Gasteiger partial charge in [-0.1, -0.05) is 0 Å². The maximum Gasteiger partial charge on any atom is 0.225 e. The zero-order chi connectivity index (χ0) is 12.1. The Morgan fingerprint density at radius 1 is 1.47 bits per heavy atom. The van der Waals surface area contributed by atoms with Crippen LogP contribution in [0.15, 0.2) is 0 Å². The molecule has 0 aromatic rings. The highest BCUT2D eigenvalue weighted by molar-refractivity contribution is 5.77. The summed E-state index contributed by atoms with van der Waals surface area (Å²) in [6.07, 6.45) is 0.391. The van der Waals surface area contributed by atoms with E-state index in [1.807, 2.05) is 27.7 Å². The number of nitrogens with two attached hydrogens (primary N) is 1. The third kappa shape index (κ3) is 5.14. The Kier molecular flexibility index (Phi) is 5.83. The van der Waals surface area contributed by atoms with E-state index >= 15 is 0 Å². The molecule has 0 spiro atoms. The number of methoxy groups -OCH3 is 1. The summed E-state index contributed by atoms with van der Waals surface area (Å²) >= 11 is 0. The molecule has 2 N–H and O–H groups in total. The van der Waals surface area contributed by atoms with Crippen molar-refractivity contribution in [1.82, 2.24) is 4.90 Å². The number of nitrogens with zero attached hydrogens (tertiary/aromatic N) is 1. The summed E-state index contributed by atoms with van der Waals surface area (Å²) in [5.74, 6) is 0.0994. The molecule has 0 radical (unpaired) electrons. The normalized spacial score (nSPS) is 11.9. The highest BCUT2D eigenvalue weighted by Crippen LogP contribution is 2.15. The lowest BCUT2D eigenvalue weighted by molar-refractivity contribution is -0.138. The van der Waals surface area contributed by atoms with Crippen molar-refractivity contribution in [3.63, 3.8) is 0 Å². The van der Waals surface area contributed by atoms with Crippen molar-refractivity contribution in [3.05, 3.63) is 0 Å². The molecule has 0 rings (SSSR count). The molecule has 0 aromatic heterocycles. The van der Waals surface area contributed by atoms with Crippen LogP contribution >= 0.6 is 0 Å². The van der Waals surface area contributed by atoms with Gasteiger partial charge in [0.1, 0.15) is 0 Å². The number of hydrogen-bond acceptors (Lipinski definition) is 3. The fraction of sp³-hybridized carbons (Fsp3) is 0.909. The molecule has 0 aliphatic heterocycles. The van der Waals surface area contributed by atoms with Gasteiger partial charge in [0, 0.05) is 26.2 Å². The van der Waals surface area contributed by atoms with Gasteiger partial charge in [-0.3, -0.25) is 4.79 Å². The van der Waals surface area contributed by atoms with Crippen LogP contribution in [-0.2, 0) is 9.53 Å². The quantitative estimate of drug-likeness (QED) is 0.720. The van der Waals surface area contributed by atoms with Gasteiger partial charge in [0.05, 0.1) is 12.0 Å². The van der Waals surface area contributed by atoms with Crippen molar-refractivity contribution in [2.24, 2.45) is 5.73 Å². The predicted molar refractivity (Wildman–Crippen MR) is 61.6 cm³/mol. The lowest BCUT2D eigenvalue weighted by Gasteiger charge is -2.30. The second kappa shape index (κ2) is 6.08. The molecule has 0 aromatic carbocycles. The number of hydrogen-bond donors (Lipinski definition) is 1. The van der Waals surface area contributed by atoms with Gasteiger partial charge in [-0.15, -0.1) is 0 Å². The van der Waals surface area contributed by atoms with E-state index in [0.717, 1.165) is 0 Å². The molecule has 0 bridgehead atoms. The number of ether oxygens (including phenoxy) is 1. The SMILES string of the molecule is COC(C)(C)CC(=O)N(CCN)C(C)C. The Morgan fingerprint density at radius 2 is 2.00 bits per heavy atom. The molecule has 0 fully saturated rings. The van der Waals surface area contributed by atoms with E-state index in [1.165, 1.54) is 0 Å². The van der Waals surface area contributed by atoms with Crippen LogP contribution in [0.5, 0.6) is 0 Å². The first-order chi connectivity index (χ1) is 6.84. The van der Waals surface area contributed by atoms with Crippen molar-refractivity contribution in [3.8, 4) is 0 Å². The predicted octanol–water partition coefficient (Wildman–Crippen LogP) is 0.997. The minimum atomic E-state index is -0.404. The largest absolute Gasteiger partial charge is 0.378 e. The minimum absolute atomic E-state index is 0.0994. The second-order valence-electron chi connectivity index (χ2n) is 4.61. The molecule has 4 heteroatoms. The van der Waals surface area contributed by atoms with Gasteiger partial charge in [0.15, 0.2) is 0 Å². The fourth-order valence-corrected chi connectivity index (χ4v) is 1.35. The van der Waals surface area contributed by atoms with Gasteiger partial charge < -0.3 is 15.4 Å². The Labute approximate surface area is 92.8 Å². The van der Waals surface area contributed by atoms with Gasteiger partial charge in [0.2, 0.25) is 5.91 Å². The van der Waals surface area contributed by atoms with Crippen molar-refractivity contribution >= 4 is 5.91 Å². The van der Waals surface area contributed by atoms with E-state index in [9.17, 15) is 4.79 Å². The van der Waals surface area contributed by atoms with Crippen molar-refractivity contribution in [2.45, 2.75) is 45.8 Å². The fourth-order valence-electron chi connectivity index (χ4n) is 1.35. The van der Waals surface area contributed by atoms with Gasteiger partial charge in [-0.2, -0.15) is 0 Å². The van der Waals surface area contributed by atoms with Gasteiger partial charge in [0.25, 0.3) is 0 Å². The van der Waals surface area contributed by atoms with Crippen LogP contribution in [0, 0.1) is 0 Å². The zero-order valence-corrected chi connectivity index (χ0v) is 10.5. The van der Waals surface area contributed by atoms with Crippen molar-refractivity contribution in [2.75, 3.05) is 20.2 Å². The summed E-state index contributed by atoms with van der Waals surface area (Å²) in [4.78, 5) is 13.7. The Balaban J connectivity index is 4.38. The molecule has 90 valence electrons. The first-order valence-corrected chi connectivity index (χ1v) is 5.38. The number of amides is 1. The number of carbonyl (C=O) groups is 1. The number of carbonyl (C=O) groups excluding carboxylic acids is 1. The third-order valence-electron chi connectivity index (χ3n) is 2.44. The Hall–Kier alpha value is -0.610. The van der Waals surface area contributed by atoms with E-state index in [1.54, 1.807) is 12.0 Å². The van der Waals surface area contributed by atoms with E-state index in [4.69, 9.17) is 10.5 Å². The molecule has 1 amide bonds. The maximum atomic E-state index is 11.9. The molecule has 0 atom stereocenters. The van der Waals surface area contributed by atoms with E-state index in [-0.39, 0.29) is 11.9 Å². The maximum absolute atomic E-state index is 11.9. The van der Waals surface area contributed by atoms with Gasteiger partial charge >= 0.3 is 0 Å². The van der Waals surface area contributed by atoms with Crippen molar-refractivity contribution in [1.29, 1.82) is 0 Å². The van der Waals surface area contributed by atoms with Crippen LogP contribution in [0.3, 0.4) is 0 Å². The molecule has 0 aliphatic rings. The summed E-state index contributed by atoms with van der Waals surface area (Å²) < 4.78 is 5.24. The highest BCUT2D eigenvalue weighted by atomic mass is 16.5. The molecule has 0 saturated carbocycles. The van der Waals surface area contributed by atoms with Gasteiger partial charge in [-0.25, -0.2) is 0 Å². The second-order valence-corrected chi connectivity index (χ2v) is 4.61. The molecule has 15 heavy (non-hydrogen) atoms. The van der Waals surface area contributed by atoms with E-state index in [2.05, 4.69) is 0 Å². The van der Waals surface area contributed by atoms with Crippen LogP contribution in [0.1, 0.15) is 34.1 Å². The minimum Gasteiger partial charge on any atom is -0.378 e. The third-order valence-corrected chi connectivity index (χ3v) is 2.44. The summed E-state index contributed by atoms with van der Waals surface area (Å²) in [5, 5.41) is 0. The van der Waals surface area contributed by atoms with E-state index in [0.29, 0.717) is 19.5 Å². The van der Waals surface area contributed by atoms with E-state index < -0.39 is 5.60 Å². The van der Waals surface area contributed by atoms with Crippen LogP contribution in [0.2, 0.25) is 0 Å². The Bertz CT molecular complexity index is 203. The number of rotatable bonds is 6. The molecule has 0 heterocycles. The smallest absolute Gasteiger partial charge is 0.225 e. The first-order valence-electron chi connectivity index (χ1n) is 5.38. The average Bonchev–Trinajstić information content (AvgIpc) is 2.12. The van der Waals surface area contributed by atoms with Crippen molar-refractivity contribution < 1.29 is 9.53 Å². The lowest BCUT2D eigenvalue weighted by atomic mass is 10.0. The standard InChI is InChI=1S/C11H24N2O2/c1-9(2)13(7-6-12)10(14)8-11(3,4)15-5/h9H,6-8,12H2,1-5H3. The zero-order valence-electron chi connectivity index (χ0n) is 10.5. The van der Waals surface area contributed by atoms with Crippen LogP contribution in [0.25, 0.3) is 0 Å². The molecular formula is C11H24N2O2. The first kappa shape index (κ1) is 14.4. The lowest BCUT2D eigenvalue weighted by Crippen LogP contribution is -2.43. The topological polar surface area (TPSA) is 55.6 Å². The summed E-state index contributed by atoms with van der Waals surface area (Å²) in [5.41, 5.74) is 5.07. The molecule has 4 nitrogen and oxygen atoms in total. The summed E-state index contributed by atoms with van der Waals surface area (Å²) in [6.45, 7) is 8.91. The summed E-state index contributed by atoms with van der Waals surface area (Å²) in [6, 6.07) is 0.189. The summed E-state index contributed by atoms with van der Waals surface area (Å²) in [7, 11) is 1.62.